The van der Waals surface area contributed by atoms with Gasteiger partial charge in [0.2, 0.25) is 0 Å². The number of benzene rings is 6. The molecular formula is C88H111NO24. The summed E-state index contributed by atoms with van der Waals surface area (Å²) in [6.07, 6.45) is -24.7. The number of fused-ring (bicyclic) bond motifs is 2. The van der Waals surface area contributed by atoms with E-state index in [2.05, 4.69) is 0 Å². The van der Waals surface area contributed by atoms with E-state index in [0.29, 0.717) is 6.61 Å². The van der Waals surface area contributed by atoms with Crippen molar-refractivity contribution >= 4 is 11.7 Å². The minimum atomic E-state index is -1.86. The van der Waals surface area contributed by atoms with E-state index >= 15 is 0 Å². The molecule has 29 atom stereocenters. The molecule has 6 aromatic carbocycles. The second-order valence-corrected chi connectivity index (χ2v) is 31.7. The molecule has 3 N–H and O–H groups in total. The average molecular weight is 1570 g/mol. The minimum Gasteiger partial charge on any atom is -0.457 e. The zero-order chi connectivity index (χ0) is 78.9. The maximum Gasteiger partial charge on any atom is 0.303 e. The second-order valence-electron chi connectivity index (χ2n) is 31.7. The number of rotatable bonds is 32. The van der Waals surface area contributed by atoms with E-state index in [1.54, 1.807) is 20.8 Å². The van der Waals surface area contributed by atoms with Gasteiger partial charge < -0.3 is 115 Å². The smallest absolute Gasteiger partial charge is 0.303 e. The Bertz CT molecular complexity index is 3920. The maximum absolute atomic E-state index is 13.2. The molecule has 0 radical (unpaired) electrons. The van der Waals surface area contributed by atoms with Crippen molar-refractivity contribution in [3.05, 3.63) is 215 Å². The number of carbonyl (C=O) groups is 1. The Kier molecular flexibility index (Phi) is 27.9. The molecule has 6 aromatic rings. The first-order chi connectivity index (χ1) is 54.7. The van der Waals surface area contributed by atoms with E-state index in [4.69, 9.17) is 99.5 Å². The van der Waals surface area contributed by atoms with Gasteiger partial charge in [0.25, 0.3) is 0 Å². The number of aliphatic hydroxyl groups excluding tert-OH is 2. The number of esters is 1. The highest BCUT2D eigenvalue weighted by Crippen LogP contribution is 2.49. The van der Waals surface area contributed by atoms with Gasteiger partial charge in [0.1, 0.15) is 66.6 Å². The van der Waals surface area contributed by atoms with Crippen LogP contribution in [0, 0.1) is 29.1 Å². The van der Waals surface area contributed by atoms with Gasteiger partial charge in [-0.15, -0.1) is 0 Å². The zero-order valence-corrected chi connectivity index (χ0v) is 65.9. The summed E-state index contributed by atoms with van der Waals surface area (Å²) in [4.78, 5) is 13.2. The van der Waals surface area contributed by atoms with Crippen molar-refractivity contribution < 1.29 is 114 Å². The zero-order valence-electron chi connectivity index (χ0n) is 65.9. The molecule has 8 heterocycles. The normalized spacial score (nSPS) is 37.1. The number of nitrogens with one attached hydrogen (secondary N) is 1. The van der Waals surface area contributed by atoms with Gasteiger partial charge in [0, 0.05) is 41.9 Å². The summed E-state index contributed by atoms with van der Waals surface area (Å²) in [5, 5.41) is 33.1. The second kappa shape index (κ2) is 37.9. The molecule has 8 aliphatic rings. The lowest BCUT2D eigenvalue weighted by Crippen LogP contribution is -2.67. The first-order valence-electron chi connectivity index (χ1n) is 39.8. The molecule has 25 nitrogen and oxygen atoms in total. The standard InChI is InChI=1S/C88H111NO24/c1-51-42-98-84(78(97-47-63-37-25-15-26-38-63)67(51)106-86-80-88(50-99-86,49-94-44-60-31-19-12-20-32-60)113-83(110-80)64-39-27-16-28-40-64)108-73-57(7)100-69(72(55(5)89)105-77-76(75(102-58(8)91)65(41-90)103-81(77)92)109-85-79-71(52(2)56(6)101-85)111-87(9,10)112-79)53(3)70(73)107-82-54(4)68(95-45-61-33-21-13-22-34-61)74(96-46-62-35-23-14-24-36-62)66(104-82)48-93-43-59-29-17-11-18-30-59/h11-40,51-54,56-57,65-86,89-90,92H,41-50H2,1-10H3/t51-,52+,53-,54-,56?,57?,65?,66?,67?,68?,69-,70?,71+,72?,73+,74-,75+,76?,77-,78-,79?,80?,81+,82+,83+,84+,85+,86+,88-/m1/s1. The monoisotopic (exact) mass is 1570 g/mol. The Morgan fingerprint density at radius 1 is 0.487 bits per heavy atom. The summed E-state index contributed by atoms with van der Waals surface area (Å²) in [5.41, 5.74) is 4.44. The van der Waals surface area contributed by atoms with Gasteiger partial charge >= 0.3 is 5.97 Å². The van der Waals surface area contributed by atoms with Crippen LogP contribution in [0.3, 0.4) is 0 Å². The summed E-state index contributed by atoms with van der Waals surface area (Å²) < 4.78 is 145. The van der Waals surface area contributed by atoms with E-state index in [-0.39, 0.29) is 70.4 Å². The Morgan fingerprint density at radius 2 is 1.02 bits per heavy atom. The molecule has 0 amide bonds. The van der Waals surface area contributed by atoms with Crippen molar-refractivity contribution in [2.75, 3.05) is 33.0 Å². The minimum absolute atomic E-state index is 0.0329. The van der Waals surface area contributed by atoms with Gasteiger partial charge in [-0.1, -0.05) is 210 Å². The third-order valence-corrected chi connectivity index (χ3v) is 22.8. The molecule has 14 rings (SSSR count). The van der Waals surface area contributed by atoms with Gasteiger partial charge in [-0.05, 0) is 62.4 Å². The predicted octanol–water partition coefficient (Wildman–Crippen LogP) is 11.0. The summed E-state index contributed by atoms with van der Waals surface area (Å²) in [7, 11) is 0. The maximum atomic E-state index is 13.2. The Balaban J connectivity index is 0.817. The quantitative estimate of drug-likeness (QED) is 0.0261. The lowest BCUT2D eigenvalue weighted by molar-refractivity contribution is -0.369. The van der Waals surface area contributed by atoms with Crippen LogP contribution in [0.4, 0.5) is 0 Å². The van der Waals surface area contributed by atoms with Crippen LogP contribution in [0.15, 0.2) is 182 Å². The van der Waals surface area contributed by atoms with Crippen molar-refractivity contribution in [2.45, 2.75) is 261 Å². The van der Waals surface area contributed by atoms with Crippen LogP contribution in [0.25, 0.3) is 0 Å². The van der Waals surface area contributed by atoms with Gasteiger partial charge in [0.05, 0.1) is 109 Å². The molecule has 113 heavy (non-hydrogen) atoms. The highest BCUT2D eigenvalue weighted by molar-refractivity contribution is 5.84. The SMILES string of the molecule is CC(=N)C(O[C@@H]1C(O[C@@H]2OC(C)[C@H](C)[C@@H]3OC(C)(C)OC23)[C@@H](OC(C)=O)C(CO)O[C@@H]1O)[C@@H]1OC(C)[C@H](O[C@@H]2OC[C@@H](C)C(O[C@@H]3OC[C@@]4(COCc5ccccc5)O[C@@H](c5ccccc5)OC34)[C@H]2OCc2ccccc2)C(O[C@@H]2OC(COCc3ccccc3)[C@@H](OCc3ccccc3)C(OCc3ccccc3)[C@H]2C)[C@@H]1C. The number of aliphatic hydroxyl groups is 2. The van der Waals surface area contributed by atoms with Gasteiger partial charge in [-0.25, -0.2) is 0 Å². The third kappa shape index (κ3) is 19.7. The van der Waals surface area contributed by atoms with E-state index in [0.717, 1.165) is 33.4 Å². The van der Waals surface area contributed by atoms with E-state index in [1.807, 2.05) is 224 Å². The van der Waals surface area contributed by atoms with Crippen LogP contribution in [-0.4, -0.2) is 208 Å². The molecule has 25 heteroatoms. The van der Waals surface area contributed by atoms with E-state index < -0.39 is 183 Å². The van der Waals surface area contributed by atoms with Crippen LogP contribution in [0.5, 0.6) is 0 Å². The van der Waals surface area contributed by atoms with Crippen molar-refractivity contribution in [1.29, 1.82) is 5.41 Å². The Morgan fingerprint density at radius 3 is 1.60 bits per heavy atom. The molecule has 8 fully saturated rings. The molecule has 8 aliphatic heterocycles. The third-order valence-electron chi connectivity index (χ3n) is 22.8. The highest BCUT2D eigenvalue weighted by Gasteiger charge is 2.63. The Hall–Kier alpha value is -6.42. The first kappa shape index (κ1) is 83.1. The van der Waals surface area contributed by atoms with Gasteiger partial charge in [-0.3, -0.25) is 4.79 Å². The number of hydrogen-bond donors (Lipinski definition) is 3. The van der Waals surface area contributed by atoms with Crippen LogP contribution in [0.1, 0.15) is 109 Å². The highest BCUT2D eigenvalue weighted by atomic mass is 16.8. The molecular weight excluding hydrogens is 1450 g/mol. The van der Waals surface area contributed by atoms with E-state index in [9.17, 15) is 20.4 Å². The van der Waals surface area contributed by atoms with Crippen LogP contribution < -0.4 is 0 Å². The fourth-order valence-corrected chi connectivity index (χ4v) is 16.7. The van der Waals surface area contributed by atoms with E-state index in [1.165, 1.54) is 6.92 Å². The number of hydrogen-bond acceptors (Lipinski definition) is 25. The first-order valence-corrected chi connectivity index (χ1v) is 39.8. The summed E-state index contributed by atoms with van der Waals surface area (Å²) in [6.45, 7) is 19.0. The average Bonchev–Trinajstić information content (AvgIpc) is 1.68. The van der Waals surface area contributed by atoms with Crippen molar-refractivity contribution in [3.8, 4) is 0 Å². The fraction of sp³-hybridized carbons (Fsp3) is 0.568. The van der Waals surface area contributed by atoms with Gasteiger partial charge in [0.15, 0.2) is 49.6 Å². The summed E-state index contributed by atoms with van der Waals surface area (Å²) in [6, 6.07) is 59.3. The molecule has 0 spiro atoms. The molecule has 0 aliphatic carbocycles. The van der Waals surface area contributed by atoms with Crippen LogP contribution in [0.2, 0.25) is 0 Å². The molecule has 0 bridgehead atoms. The summed E-state index contributed by atoms with van der Waals surface area (Å²) >= 11 is 0. The van der Waals surface area contributed by atoms with Crippen LogP contribution in [-0.2, 0) is 137 Å². The lowest BCUT2D eigenvalue weighted by atomic mass is 9.83. The molecule has 0 aromatic heterocycles. The van der Waals surface area contributed by atoms with Crippen molar-refractivity contribution in [1.82, 2.24) is 0 Å². The number of ether oxygens (including phenoxy) is 21. The van der Waals surface area contributed by atoms with Crippen molar-refractivity contribution in [3.63, 3.8) is 0 Å². The molecule has 612 valence electrons. The topological polar surface area (TPSA) is 275 Å². The lowest BCUT2D eigenvalue weighted by Gasteiger charge is -2.52. The molecule has 0 saturated carbocycles. The molecule has 8 saturated heterocycles. The number of carbonyl (C=O) groups excluding carboxylic acids is 1. The van der Waals surface area contributed by atoms with Crippen LogP contribution >= 0.6 is 0 Å². The van der Waals surface area contributed by atoms with Gasteiger partial charge in [-0.2, -0.15) is 0 Å². The molecule has 11 unspecified atom stereocenters. The Labute approximate surface area is 661 Å². The summed E-state index contributed by atoms with van der Waals surface area (Å²) in [5.74, 6) is -3.65. The fourth-order valence-electron chi connectivity index (χ4n) is 16.7. The van der Waals surface area contributed by atoms with Crippen molar-refractivity contribution in [2.24, 2.45) is 23.7 Å². The largest absolute Gasteiger partial charge is 0.457 e. The predicted molar refractivity (Wildman–Crippen MR) is 407 cm³/mol.